The van der Waals surface area contributed by atoms with Crippen molar-refractivity contribution in [3.05, 3.63) is 35.4 Å². The highest BCUT2D eigenvalue weighted by molar-refractivity contribution is 5.29. The van der Waals surface area contributed by atoms with Crippen molar-refractivity contribution in [3.63, 3.8) is 0 Å². The van der Waals surface area contributed by atoms with Crippen LogP contribution in [0.2, 0.25) is 0 Å². The molecule has 0 fully saturated rings. The van der Waals surface area contributed by atoms with Gasteiger partial charge in [-0.25, -0.2) is 0 Å². The molecule has 2 heteroatoms. The maximum Gasteiger partial charge on any atom is 0.0568 e. The third-order valence-electron chi connectivity index (χ3n) is 3.13. The number of fused-ring (bicyclic) bond motifs is 1. The van der Waals surface area contributed by atoms with Crippen molar-refractivity contribution in [2.75, 3.05) is 13.6 Å². The summed E-state index contributed by atoms with van der Waals surface area (Å²) in [5.41, 5.74) is 3.01. The minimum Gasteiger partial charge on any atom is -0.305 e. The molecule has 0 saturated carbocycles. The molecule has 1 aromatic carbocycles. The monoisotopic (exact) mass is 190 g/mol. The topological polar surface area (TPSA) is 15.3 Å². The van der Waals surface area contributed by atoms with Crippen molar-refractivity contribution in [1.82, 2.24) is 10.2 Å². The van der Waals surface area contributed by atoms with E-state index in [4.69, 9.17) is 0 Å². The number of benzene rings is 1. The Labute approximate surface area is 85.9 Å². The summed E-state index contributed by atoms with van der Waals surface area (Å²) in [6.07, 6.45) is 1.66. The molecule has 0 aromatic heterocycles. The highest BCUT2D eigenvalue weighted by Gasteiger charge is 2.18. The van der Waals surface area contributed by atoms with Gasteiger partial charge in [-0.15, -0.1) is 0 Å². The van der Waals surface area contributed by atoms with Crippen LogP contribution in [0, 0.1) is 0 Å². The van der Waals surface area contributed by atoms with Gasteiger partial charge in [-0.1, -0.05) is 24.3 Å². The maximum atomic E-state index is 3.29. The Morgan fingerprint density at radius 1 is 1.29 bits per heavy atom. The van der Waals surface area contributed by atoms with Crippen molar-refractivity contribution in [3.8, 4) is 0 Å². The Bertz CT molecular complexity index is 309. The molecule has 1 aliphatic heterocycles. The Morgan fingerprint density at radius 3 is 2.71 bits per heavy atom. The molecule has 1 aliphatic rings. The third kappa shape index (κ3) is 1.81. The molecule has 76 valence electrons. The average Bonchev–Trinajstić information content (AvgIpc) is 2.27. The fourth-order valence-corrected chi connectivity index (χ4v) is 2.03. The van der Waals surface area contributed by atoms with Crippen LogP contribution >= 0.6 is 0 Å². The van der Waals surface area contributed by atoms with Crippen LogP contribution in [0.5, 0.6) is 0 Å². The second-order valence-corrected chi connectivity index (χ2v) is 3.95. The van der Waals surface area contributed by atoms with Crippen LogP contribution in [0.1, 0.15) is 18.1 Å². The smallest absolute Gasteiger partial charge is 0.0568 e. The first kappa shape index (κ1) is 9.69. The van der Waals surface area contributed by atoms with Gasteiger partial charge >= 0.3 is 0 Å². The molecule has 1 aromatic rings. The summed E-state index contributed by atoms with van der Waals surface area (Å²) < 4.78 is 0. The first-order valence-electron chi connectivity index (χ1n) is 5.29. The van der Waals surface area contributed by atoms with E-state index in [2.05, 4.69) is 41.4 Å². The summed E-state index contributed by atoms with van der Waals surface area (Å²) in [6, 6.07) is 8.75. The van der Waals surface area contributed by atoms with Gasteiger partial charge in [-0.2, -0.15) is 0 Å². The number of hydrogen-bond donors (Lipinski definition) is 1. The van der Waals surface area contributed by atoms with E-state index in [9.17, 15) is 0 Å². The molecule has 1 heterocycles. The van der Waals surface area contributed by atoms with Crippen LogP contribution in [0.4, 0.5) is 0 Å². The van der Waals surface area contributed by atoms with E-state index < -0.39 is 0 Å². The van der Waals surface area contributed by atoms with Gasteiger partial charge in [0, 0.05) is 13.1 Å². The van der Waals surface area contributed by atoms with Gasteiger partial charge in [0.25, 0.3) is 0 Å². The van der Waals surface area contributed by atoms with Crippen LogP contribution in [0.3, 0.4) is 0 Å². The number of nitrogens with zero attached hydrogens (tertiary/aromatic N) is 1. The van der Waals surface area contributed by atoms with Crippen molar-refractivity contribution in [2.45, 2.75) is 26.1 Å². The molecular formula is C12H18N2. The molecule has 0 amide bonds. The molecule has 0 saturated heterocycles. The van der Waals surface area contributed by atoms with E-state index in [1.165, 1.54) is 24.1 Å². The Balaban J connectivity index is 2.13. The van der Waals surface area contributed by atoms with Crippen molar-refractivity contribution >= 4 is 0 Å². The predicted molar refractivity (Wildman–Crippen MR) is 59.1 cm³/mol. The van der Waals surface area contributed by atoms with Crippen LogP contribution in [-0.2, 0) is 13.0 Å². The molecule has 2 nitrogen and oxygen atoms in total. The van der Waals surface area contributed by atoms with Crippen LogP contribution in [0.25, 0.3) is 0 Å². The molecule has 0 aliphatic carbocycles. The molecule has 1 atom stereocenters. The quantitative estimate of drug-likeness (QED) is 0.762. The lowest BCUT2D eigenvalue weighted by Crippen LogP contribution is -2.44. The SMILES string of the molecule is CNC(C)N1CCc2ccccc2C1. The lowest BCUT2D eigenvalue weighted by atomic mass is 10.00. The van der Waals surface area contributed by atoms with E-state index in [1.807, 2.05) is 7.05 Å². The van der Waals surface area contributed by atoms with Gasteiger partial charge in [0.05, 0.1) is 6.17 Å². The van der Waals surface area contributed by atoms with Crippen molar-refractivity contribution in [1.29, 1.82) is 0 Å². The largest absolute Gasteiger partial charge is 0.305 e. The van der Waals surface area contributed by atoms with Crippen LogP contribution in [0.15, 0.2) is 24.3 Å². The van der Waals surface area contributed by atoms with Crippen LogP contribution < -0.4 is 5.32 Å². The first-order valence-corrected chi connectivity index (χ1v) is 5.29. The van der Waals surface area contributed by atoms with Gasteiger partial charge in [0.1, 0.15) is 0 Å². The maximum absolute atomic E-state index is 3.29. The van der Waals surface area contributed by atoms with Crippen molar-refractivity contribution < 1.29 is 0 Å². The summed E-state index contributed by atoms with van der Waals surface area (Å²) in [5, 5.41) is 3.29. The number of hydrogen-bond acceptors (Lipinski definition) is 2. The molecule has 2 rings (SSSR count). The summed E-state index contributed by atoms with van der Waals surface area (Å²) in [6.45, 7) is 4.46. The van der Waals surface area contributed by atoms with Crippen molar-refractivity contribution in [2.24, 2.45) is 0 Å². The van der Waals surface area contributed by atoms with E-state index in [1.54, 1.807) is 0 Å². The third-order valence-corrected chi connectivity index (χ3v) is 3.13. The fourth-order valence-electron chi connectivity index (χ4n) is 2.03. The molecular weight excluding hydrogens is 172 g/mol. The summed E-state index contributed by atoms with van der Waals surface area (Å²) in [4.78, 5) is 2.47. The Hall–Kier alpha value is -0.860. The summed E-state index contributed by atoms with van der Waals surface area (Å²) >= 11 is 0. The average molecular weight is 190 g/mol. The van der Waals surface area contributed by atoms with Gasteiger partial charge < -0.3 is 5.32 Å². The Morgan fingerprint density at radius 2 is 2.00 bits per heavy atom. The minimum atomic E-state index is 0.475. The summed E-state index contributed by atoms with van der Waals surface area (Å²) in [5.74, 6) is 0. The lowest BCUT2D eigenvalue weighted by Gasteiger charge is -2.33. The van der Waals surface area contributed by atoms with Crippen LogP contribution in [-0.4, -0.2) is 24.7 Å². The molecule has 1 unspecified atom stereocenters. The lowest BCUT2D eigenvalue weighted by molar-refractivity contribution is 0.169. The van der Waals surface area contributed by atoms with E-state index in [-0.39, 0.29) is 0 Å². The second kappa shape index (κ2) is 4.11. The summed E-state index contributed by atoms with van der Waals surface area (Å²) in [7, 11) is 2.02. The first-order chi connectivity index (χ1) is 6.81. The fraction of sp³-hybridized carbons (Fsp3) is 0.500. The van der Waals surface area contributed by atoms with E-state index in [0.717, 1.165) is 6.54 Å². The minimum absolute atomic E-state index is 0.475. The normalized spacial score (nSPS) is 19.0. The van der Waals surface area contributed by atoms with Gasteiger partial charge in [-0.05, 0) is 31.5 Å². The van der Waals surface area contributed by atoms with E-state index in [0.29, 0.717) is 6.17 Å². The van der Waals surface area contributed by atoms with Gasteiger partial charge in [0.15, 0.2) is 0 Å². The Kier molecular flexibility index (Phi) is 2.85. The number of nitrogens with one attached hydrogen (secondary N) is 1. The molecule has 0 spiro atoms. The predicted octanol–water partition coefficient (Wildman–Crippen LogP) is 1.61. The second-order valence-electron chi connectivity index (χ2n) is 3.95. The molecule has 0 bridgehead atoms. The highest BCUT2D eigenvalue weighted by atomic mass is 15.3. The zero-order valence-electron chi connectivity index (χ0n) is 8.96. The van der Waals surface area contributed by atoms with Gasteiger partial charge in [-0.3, -0.25) is 4.90 Å². The standard InChI is InChI=1S/C12H18N2/c1-10(13-2)14-8-7-11-5-3-4-6-12(11)9-14/h3-6,10,13H,7-9H2,1-2H3. The molecule has 1 N–H and O–H groups in total. The molecule has 0 radical (unpaired) electrons. The zero-order chi connectivity index (χ0) is 9.97. The van der Waals surface area contributed by atoms with Gasteiger partial charge in [0.2, 0.25) is 0 Å². The van der Waals surface area contributed by atoms with E-state index >= 15 is 0 Å². The zero-order valence-corrected chi connectivity index (χ0v) is 8.96. The molecule has 14 heavy (non-hydrogen) atoms. The number of rotatable bonds is 2. The highest BCUT2D eigenvalue weighted by Crippen LogP contribution is 2.19.